The average molecular weight is 693 g/mol. The quantitative estimate of drug-likeness (QED) is 0.101. The minimum absolute atomic E-state index is 0.0623. The first kappa shape index (κ1) is 35.3. The number of hydrogen-bond acceptors (Lipinski definition) is 2. The van der Waals surface area contributed by atoms with Crippen LogP contribution >= 0.6 is 0 Å². The van der Waals surface area contributed by atoms with Crippen molar-refractivity contribution in [3.05, 3.63) is 131 Å². The van der Waals surface area contributed by atoms with Crippen molar-refractivity contribution in [3.8, 4) is 44.9 Å². The molecule has 0 unspecified atom stereocenters. The first-order valence-corrected chi connectivity index (χ1v) is 15.0. The van der Waals surface area contributed by atoms with Crippen LogP contribution in [-0.4, -0.2) is 6.36 Å². The van der Waals surface area contributed by atoms with Crippen LogP contribution in [0.15, 0.2) is 91.0 Å². The van der Waals surface area contributed by atoms with Crippen molar-refractivity contribution in [2.45, 2.75) is 45.1 Å². The molecular formula is C37H26F10O2. The zero-order valence-electron chi connectivity index (χ0n) is 25.6. The highest BCUT2D eigenvalue weighted by molar-refractivity contribution is 5.71. The van der Waals surface area contributed by atoms with Gasteiger partial charge < -0.3 is 9.47 Å². The highest BCUT2D eigenvalue weighted by atomic mass is 19.4. The van der Waals surface area contributed by atoms with E-state index in [2.05, 4.69) is 16.4 Å². The second-order valence-electron chi connectivity index (χ2n) is 11.1. The average Bonchev–Trinajstić information content (AvgIpc) is 3.01. The third-order valence-corrected chi connectivity index (χ3v) is 7.63. The van der Waals surface area contributed by atoms with Gasteiger partial charge in [0.15, 0.2) is 11.6 Å². The number of alkyl halides is 5. The van der Waals surface area contributed by atoms with Gasteiger partial charge in [-0.1, -0.05) is 68.3 Å². The van der Waals surface area contributed by atoms with Gasteiger partial charge in [0, 0.05) is 17.7 Å². The Kier molecular flexibility index (Phi) is 10.3. The van der Waals surface area contributed by atoms with Crippen molar-refractivity contribution in [2.75, 3.05) is 0 Å². The van der Waals surface area contributed by atoms with Gasteiger partial charge in [-0.05, 0) is 71.0 Å². The molecular weight excluding hydrogens is 666 g/mol. The summed E-state index contributed by atoms with van der Waals surface area (Å²) >= 11 is 0. The molecule has 5 aromatic rings. The molecule has 0 aliphatic heterocycles. The van der Waals surface area contributed by atoms with E-state index in [9.17, 15) is 26.3 Å². The predicted molar refractivity (Wildman–Crippen MR) is 163 cm³/mol. The monoisotopic (exact) mass is 692 g/mol. The number of aryl methyl sites for hydroxylation is 1. The summed E-state index contributed by atoms with van der Waals surface area (Å²) in [4.78, 5) is 0. The van der Waals surface area contributed by atoms with Gasteiger partial charge in [0.1, 0.15) is 29.0 Å². The number of benzene rings is 5. The van der Waals surface area contributed by atoms with Crippen molar-refractivity contribution in [3.63, 3.8) is 0 Å². The lowest BCUT2D eigenvalue weighted by atomic mass is 9.97. The van der Waals surface area contributed by atoms with Crippen LogP contribution in [-0.2, 0) is 12.5 Å². The molecule has 12 heteroatoms. The summed E-state index contributed by atoms with van der Waals surface area (Å²) in [5, 5.41) is 0. The number of hydrogen-bond donors (Lipinski definition) is 0. The van der Waals surface area contributed by atoms with E-state index < -0.39 is 69.7 Å². The van der Waals surface area contributed by atoms with E-state index >= 15 is 17.6 Å². The Morgan fingerprint density at radius 1 is 0.531 bits per heavy atom. The standard InChI is InChI=1S/C37H26F10O2/c1-2-3-4-5-21-6-8-22(9-7-21)23-10-13-27(29(38)16-23)24-11-14-28(30(39)17-24)36(43,44)48-26-19-32(41)35(33(42)20-26)25-12-15-34(31(40)18-25)49-37(45,46)47/h6-20H,2-5H2,1H3. The van der Waals surface area contributed by atoms with E-state index in [0.29, 0.717) is 42.0 Å². The normalized spacial score (nSPS) is 11.9. The Morgan fingerprint density at radius 3 is 1.71 bits per heavy atom. The summed E-state index contributed by atoms with van der Waals surface area (Å²) in [6, 6.07) is 16.4. The molecule has 0 radical (unpaired) electrons. The summed E-state index contributed by atoms with van der Waals surface area (Å²) in [7, 11) is 0. The van der Waals surface area contributed by atoms with Crippen molar-refractivity contribution in [1.82, 2.24) is 0 Å². The summed E-state index contributed by atoms with van der Waals surface area (Å²) in [6.07, 6.45) is -5.49. The highest BCUT2D eigenvalue weighted by Gasteiger charge is 2.38. The third kappa shape index (κ3) is 8.36. The fraction of sp³-hybridized carbons (Fsp3) is 0.189. The minimum atomic E-state index is -5.23. The van der Waals surface area contributed by atoms with Gasteiger partial charge in [0.05, 0.1) is 11.1 Å². The fourth-order valence-electron chi connectivity index (χ4n) is 5.24. The minimum Gasteiger partial charge on any atom is -0.429 e. The zero-order chi connectivity index (χ0) is 35.5. The van der Waals surface area contributed by atoms with E-state index in [1.165, 1.54) is 12.1 Å². The fourth-order valence-corrected chi connectivity index (χ4v) is 5.24. The van der Waals surface area contributed by atoms with Crippen LogP contribution in [0, 0.1) is 29.1 Å². The lowest BCUT2D eigenvalue weighted by molar-refractivity contribution is -0.275. The van der Waals surface area contributed by atoms with Gasteiger partial charge in [-0.3, -0.25) is 0 Å². The second-order valence-corrected chi connectivity index (χ2v) is 11.1. The molecule has 0 bridgehead atoms. The Bertz CT molecular complexity index is 1930. The first-order valence-electron chi connectivity index (χ1n) is 15.0. The molecule has 0 aromatic heterocycles. The molecule has 0 aliphatic carbocycles. The van der Waals surface area contributed by atoms with Crippen LogP contribution < -0.4 is 9.47 Å². The molecule has 0 fully saturated rings. The van der Waals surface area contributed by atoms with E-state index in [1.807, 2.05) is 24.3 Å². The van der Waals surface area contributed by atoms with Crippen LogP contribution in [0.25, 0.3) is 33.4 Å². The topological polar surface area (TPSA) is 18.5 Å². The maximum absolute atomic E-state index is 15.2. The van der Waals surface area contributed by atoms with Crippen LogP contribution in [0.1, 0.15) is 37.3 Å². The summed E-state index contributed by atoms with van der Waals surface area (Å²) in [5.74, 6) is -9.24. The molecule has 5 rings (SSSR count). The summed E-state index contributed by atoms with van der Waals surface area (Å²) in [5.41, 5.74) is -0.516. The predicted octanol–water partition coefficient (Wildman–Crippen LogP) is 12.1. The van der Waals surface area contributed by atoms with Crippen molar-refractivity contribution >= 4 is 0 Å². The summed E-state index contributed by atoms with van der Waals surface area (Å²) < 4.78 is 149. The number of ether oxygens (including phenoxy) is 2. The molecule has 0 amide bonds. The Hall–Kier alpha value is -5.00. The van der Waals surface area contributed by atoms with Crippen LogP contribution in [0.5, 0.6) is 11.5 Å². The van der Waals surface area contributed by atoms with Crippen molar-refractivity contribution < 1.29 is 53.4 Å². The van der Waals surface area contributed by atoms with Crippen molar-refractivity contribution in [1.29, 1.82) is 0 Å². The Labute approximate surface area is 274 Å². The van der Waals surface area contributed by atoms with Gasteiger partial charge >= 0.3 is 12.5 Å². The highest BCUT2D eigenvalue weighted by Crippen LogP contribution is 2.39. The largest absolute Gasteiger partial charge is 0.573 e. The lowest BCUT2D eigenvalue weighted by Crippen LogP contribution is -2.23. The molecule has 0 heterocycles. The summed E-state index contributed by atoms with van der Waals surface area (Å²) in [6.45, 7) is 2.12. The molecule has 0 aliphatic rings. The van der Waals surface area contributed by atoms with E-state index in [1.54, 1.807) is 6.07 Å². The first-order chi connectivity index (χ1) is 23.1. The van der Waals surface area contributed by atoms with Crippen LogP contribution in [0.3, 0.4) is 0 Å². The molecule has 0 saturated heterocycles. The lowest BCUT2D eigenvalue weighted by Gasteiger charge is -2.20. The van der Waals surface area contributed by atoms with E-state index in [0.717, 1.165) is 48.9 Å². The van der Waals surface area contributed by atoms with Gasteiger partial charge in [-0.15, -0.1) is 13.2 Å². The molecule has 2 nitrogen and oxygen atoms in total. The maximum Gasteiger partial charge on any atom is 0.573 e. The van der Waals surface area contributed by atoms with Gasteiger partial charge in [0.25, 0.3) is 0 Å². The van der Waals surface area contributed by atoms with Gasteiger partial charge in [0.2, 0.25) is 0 Å². The molecule has 0 N–H and O–H groups in total. The van der Waals surface area contributed by atoms with Crippen LogP contribution in [0.4, 0.5) is 43.9 Å². The third-order valence-electron chi connectivity index (χ3n) is 7.63. The smallest absolute Gasteiger partial charge is 0.429 e. The van der Waals surface area contributed by atoms with Crippen LogP contribution in [0.2, 0.25) is 0 Å². The molecule has 0 spiro atoms. The number of unbranched alkanes of at least 4 members (excludes halogenated alkanes) is 2. The Balaban J connectivity index is 1.33. The van der Waals surface area contributed by atoms with Crippen molar-refractivity contribution in [2.24, 2.45) is 0 Å². The molecule has 256 valence electrons. The van der Waals surface area contributed by atoms with Gasteiger partial charge in [-0.2, -0.15) is 8.78 Å². The Morgan fingerprint density at radius 2 is 1.12 bits per heavy atom. The maximum atomic E-state index is 15.2. The molecule has 5 aromatic carbocycles. The number of halogens is 10. The number of rotatable bonds is 11. The molecule has 0 atom stereocenters. The zero-order valence-corrected chi connectivity index (χ0v) is 25.6. The SMILES string of the molecule is CCCCCc1ccc(-c2ccc(-c3ccc(C(F)(F)Oc4cc(F)c(-c5ccc(OC(F)(F)F)c(F)c5)c(F)c4)c(F)c3)c(F)c2)cc1. The van der Waals surface area contributed by atoms with Gasteiger partial charge in [-0.25, -0.2) is 22.0 Å². The second kappa shape index (κ2) is 14.2. The van der Waals surface area contributed by atoms with E-state index in [-0.39, 0.29) is 11.1 Å². The van der Waals surface area contributed by atoms with E-state index in [4.69, 9.17) is 0 Å². The molecule has 49 heavy (non-hydrogen) atoms. The molecule has 0 saturated carbocycles.